The number of hydrogen-bond acceptors (Lipinski definition) is 3. The number of ether oxygens (including phenoxy) is 1. The van der Waals surface area contributed by atoms with Crippen molar-refractivity contribution in [3.05, 3.63) is 58.6 Å². The Hall–Kier alpha value is -1.57. The summed E-state index contributed by atoms with van der Waals surface area (Å²) in [5.41, 5.74) is 4.90. The van der Waals surface area contributed by atoms with Crippen LogP contribution in [0, 0.1) is 0 Å². The van der Waals surface area contributed by atoms with Gasteiger partial charge in [0.25, 0.3) is 0 Å². The van der Waals surface area contributed by atoms with E-state index in [0.717, 1.165) is 17.7 Å². The molecule has 0 spiro atoms. The number of benzene rings is 2. The van der Waals surface area contributed by atoms with E-state index in [1.54, 1.807) is 19.1 Å². The van der Waals surface area contributed by atoms with Gasteiger partial charge in [0.05, 0.1) is 11.7 Å². The summed E-state index contributed by atoms with van der Waals surface area (Å²) in [4.78, 5) is 18.1. The molecule has 0 radical (unpaired) electrons. The van der Waals surface area contributed by atoms with E-state index in [9.17, 15) is 17.7 Å². The van der Waals surface area contributed by atoms with Crippen molar-refractivity contribution >= 4 is 19.2 Å². The summed E-state index contributed by atoms with van der Waals surface area (Å²) in [7, 11) is -4.20. The van der Waals surface area contributed by atoms with Crippen LogP contribution in [0.4, 0.5) is 13.2 Å². The summed E-state index contributed by atoms with van der Waals surface area (Å²) >= 11 is 6.24. The lowest BCUT2D eigenvalue weighted by molar-refractivity contribution is -0.137. The molecule has 2 rings (SSSR count). The highest BCUT2D eigenvalue weighted by molar-refractivity contribution is 7.51. The molecular weight excluding hydrogens is 430 g/mol. The van der Waals surface area contributed by atoms with Gasteiger partial charge in [-0.3, -0.25) is 4.57 Å². The number of rotatable bonds is 8. The SMILES string of the molecule is C[C@@](N)(CCCc1ccc(Oc2cccc(C(F)(F)F)c2)cc1Cl)CP(=O)(O)O. The van der Waals surface area contributed by atoms with E-state index in [1.807, 2.05) is 0 Å². The zero-order chi connectivity index (χ0) is 21.9. The van der Waals surface area contributed by atoms with Gasteiger partial charge in [-0.25, -0.2) is 0 Å². The first-order valence-electron chi connectivity index (χ1n) is 8.72. The molecule has 0 saturated heterocycles. The molecule has 29 heavy (non-hydrogen) atoms. The van der Waals surface area contributed by atoms with E-state index >= 15 is 0 Å². The minimum Gasteiger partial charge on any atom is -0.457 e. The van der Waals surface area contributed by atoms with Crippen LogP contribution in [0.3, 0.4) is 0 Å². The molecule has 0 heterocycles. The van der Waals surface area contributed by atoms with Crippen molar-refractivity contribution in [2.75, 3.05) is 6.16 Å². The molecule has 0 aliphatic carbocycles. The van der Waals surface area contributed by atoms with Gasteiger partial charge >= 0.3 is 13.8 Å². The zero-order valence-corrected chi connectivity index (χ0v) is 17.3. The second-order valence-electron chi connectivity index (χ2n) is 7.21. The minimum absolute atomic E-state index is 0.0416. The van der Waals surface area contributed by atoms with Crippen molar-refractivity contribution in [1.82, 2.24) is 0 Å². The van der Waals surface area contributed by atoms with Crippen molar-refractivity contribution in [3.63, 3.8) is 0 Å². The Kier molecular flexibility index (Phi) is 7.41. The molecule has 160 valence electrons. The van der Waals surface area contributed by atoms with Crippen molar-refractivity contribution in [2.45, 2.75) is 37.9 Å². The molecule has 2 aromatic carbocycles. The largest absolute Gasteiger partial charge is 0.457 e. The molecule has 0 amide bonds. The van der Waals surface area contributed by atoms with Crippen molar-refractivity contribution < 1.29 is 32.3 Å². The van der Waals surface area contributed by atoms with Crippen LogP contribution < -0.4 is 10.5 Å². The van der Waals surface area contributed by atoms with Gasteiger partial charge in [-0.05, 0) is 62.1 Å². The molecule has 1 atom stereocenters. The molecule has 0 bridgehead atoms. The van der Waals surface area contributed by atoms with Gasteiger partial charge in [-0.15, -0.1) is 0 Å². The maximum absolute atomic E-state index is 12.8. The highest BCUT2D eigenvalue weighted by Gasteiger charge is 2.31. The topological polar surface area (TPSA) is 92.8 Å². The maximum Gasteiger partial charge on any atom is 0.416 e. The number of alkyl halides is 3. The molecule has 5 nitrogen and oxygen atoms in total. The van der Waals surface area contributed by atoms with E-state index < -0.39 is 31.0 Å². The van der Waals surface area contributed by atoms with Gasteiger partial charge in [0, 0.05) is 10.6 Å². The lowest BCUT2D eigenvalue weighted by Gasteiger charge is -2.24. The van der Waals surface area contributed by atoms with Gasteiger partial charge in [-0.2, -0.15) is 13.2 Å². The van der Waals surface area contributed by atoms with Crippen LogP contribution in [0.5, 0.6) is 11.5 Å². The van der Waals surface area contributed by atoms with Gasteiger partial charge < -0.3 is 20.3 Å². The smallest absolute Gasteiger partial charge is 0.416 e. The van der Waals surface area contributed by atoms with Gasteiger partial charge in [-0.1, -0.05) is 23.7 Å². The molecule has 0 saturated carbocycles. The zero-order valence-electron chi connectivity index (χ0n) is 15.6. The summed E-state index contributed by atoms with van der Waals surface area (Å²) in [6.07, 6.45) is -3.40. The molecule has 0 fully saturated rings. The number of halogens is 4. The van der Waals surface area contributed by atoms with Crippen LogP contribution >= 0.6 is 19.2 Å². The van der Waals surface area contributed by atoms with E-state index in [0.29, 0.717) is 30.0 Å². The summed E-state index contributed by atoms with van der Waals surface area (Å²) in [5.74, 6) is 0.336. The summed E-state index contributed by atoms with van der Waals surface area (Å²) in [6, 6.07) is 9.34. The van der Waals surface area contributed by atoms with E-state index in [1.165, 1.54) is 18.2 Å². The van der Waals surface area contributed by atoms with E-state index in [4.69, 9.17) is 31.9 Å². The summed E-state index contributed by atoms with van der Waals surface area (Å²) in [5, 5.41) is 0.378. The minimum atomic E-state index is -4.46. The Morgan fingerprint density at radius 2 is 1.79 bits per heavy atom. The first-order chi connectivity index (χ1) is 13.3. The Morgan fingerprint density at radius 1 is 1.14 bits per heavy atom. The lowest BCUT2D eigenvalue weighted by Crippen LogP contribution is -2.40. The molecule has 2 aromatic rings. The van der Waals surface area contributed by atoms with Crippen LogP contribution in [0.15, 0.2) is 42.5 Å². The molecule has 0 aromatic heterocycles. The molecule has 10 heteroatoms. The highest BCUT2D eigenvalue weighted by atomic mass is 35.5. The third-order valence-electron chi connectivity index (χ3n) is 4.18. The van der Waals surface area contributed by atoms with Crippen LogP contribution in [0.2, 0.25) is 5.02 Å². The standard InChI is InChI=1S/C19H22ClF3NO4P/c1-18(24,12-29(25,26)27)9-3-4-13-7-8-16(11-17(13)20)28-15-6-2-5-14(10-15)19(21,22)23/h2,5-8,10-11H,3-4,9,12,24H2,1H3,(H2,25,26,27)/t18-/m1/s1. The van der Waals surface area contributed by atoms with Gasteiger partial charge in [0.15, 0.2) is 0 Å². The van der Waals surface area contributed by atoms with Gasteiger partial charge in [0.1, 0.15) is 11.5 Å². The van der Waals surface area contributed by atoms with Crippen molar-refractivity contribution in [1.29, 1.82) is 0 Å². The molecule has 0 aliphatic rings. The number of hydrogen-bond donors (Lipinski definition) is 3. The molecular formula is C19H22ClF3NO4P. The Morgan fingerprint density at radius 3 is 2.38 bits per heavy atom. The predicted molar refractivity (Wildman–Crippen MR) is 105 cm³/mol. The normalized spacial score (nSPS) is 14.5. The third-order valence-corrected chi connectivity index (χ3v) is 5.67. The molecule has 0 unspecified atom stereocenters. The van der Waals surface area contributed by atoms with Crippen LogP contribution in [0.25, 0.3) is 0 Å². The van der Waals surface area contributed by atoms with Crippen molar-refractivity contribution in [2.24, 2.45) is 5.73 Å². The van der Waals surface area contributed by atoms with Crippen molar-refractivity contribution in [3.8, 4) is 11.5 Å². The van der Waals surface area contributed by atoms with E-state index in [-0.39, 0.29) is 5.75 Å². The number of nitrogens with two attached hydrogens (primary N) is 1. The number of aryl methyl sites for hydroxylation is 1. The molecule has 0 aliphatic heterocycles. The first-order valence-corrected chi connectivity index (χ1v) is 10.9. The quantitative estimate of drug-likeness (QED) is 0.469. The first kappa shape index (κ1) is 23.7. The van der Waals surface area contributed by atoms with Crippen LogP contribution in [0.1, 0.15) is 30.9 Å². The fourth-order valence-electron chi connectivity index (χ4n) is 2.90. The highest BCUT2D eigenvalue weighted by Crippen LogP contribution is 2.39. The lowest BCUT2D eigenvalue weighted by atomic mass is 9.96. The fraction of sp³-hybridized carbons (Fsp3) is 0.368. The Bertz CT molecular complexity index is 899. The van der Waals surface area contributed by atoms with Gasteiger partial charge in [0.2, 0.25) is 0 Å². The summed E-state index contributed by atoms with van der Waals surface area (Å²) in [6.45, 7) is 1.58. The monoisotopic (exact) mass is 451 g/mol. The molecule has 4 N–H and O–H groups in total. The average molecular weight is 452 g/mol. The fourth-order valence-corrected chi connectivity index (χ4v) is 4.26. The summed E-state index contributed by atoms with van der Waals surface area (Å²) < 4.78 is 55.0. The average Bonchev–Trinajstić information content (AvgIpc) is 2.54. The second-order valence-corrected chi connectivity index (χ2v) is 9.26. The maximum atomic E-state index is 12.8. The second kappa shape index (κ2) is 9.06. The predicted octanol–water partition coefficient (Wildman–Crippen LogP) is 5.37. The Labute approximate surface area is 171 Å². The Balaban J connectivity index is 1.99. The van der Waals surface area contributed by atoms with Crippen LogP contribution in [-0.2, 0) is 17.2 Å². The third kappa shape index (κ3) is 7.99. The van der Waals surface area contributed by atoms with E-state index in [2.05, 4.69) is 0 Å². The van der Waals surface area contributed by atoms with Crippen LogP contribution in [-0.4, -0.2) is 21.5 Å².